The molecule has 4 nitrogen and oxygen atoms in total. The number of rotatable bonds is 2. The standard InChI is InChI=1S/C7H11BN2O2/c1-4(2)9-7(11)5-3-6(8)10-12-5/h3-4H,8H2,1-2H3,(H,9,11). The van der Waals surface area contributed by atoms with Crippen molar-refractivity contribution in [3.8, 4) is 0 Å². The van der Waals surface area contributed by atoms with Crippen molar-refractivity contribution in [1.82, 2.24) is 10.5 Å². The van der Waals surface area contributed by atoms with Crippen molar-refractivity contribution in [1.29, 1.82) is 0 Å². The molecule has 1 N–H and O–H groups in total. The first-order valence-corrected chi connectivity index (χ1v) is 3.84. The van der Waals surface area contributed by atoms with E-state index in [0.717, 1.165) is 0 Å². The second kappa shape index (κ2) is 3.43. The normalized spacial score (nSPS) is 10.2. The molecule has 12 heavy (non-hydrogen) atoms. The largest absolute Gasteiger partial charge is 0.352 e. The van der Waals surface area contributed by atoms with E-state index in [9.17, 15) is 4.79 Å². The molecule has 0 aliphatic rings. The van der Waals surface area contributed by atoms with Gasteiger partial charge in [0.25, 0.3) is 5.91 Å². The van der Waals surface area contributed by atoms with E-state index < -0.39 is 0 Å². The molecular weight excluding hydrogens is 155 g/mol. The Labute approximate surface area is 71.7 Å². The summed E-state index contributed by atoms with van der Waals surface area (Å²) in [5, 5.41) is 6.31. The minimum Gasteiger partial charge on any atom is -0.352 e. The van der Waals surface area contributed by atoms with E-state index in [0.29, 0.717) is 5.59 Å². The average Bonchev–Trinajstić information content (AvgIpc) is 2.34. The lowest BCUT2D eigenvalue weighted by Crippen LogP contribution is -2.29. The number of nitrogens with zero attached hydrogens (tertiary/aromatic N) is 1. The van der Waals surface area contributed by atoms with Gasteiger partial charge in [-0.2, -0.15) is 0 Å². The smallest absolute Gasteiger partial charge is 0.290 e. The summed E-state index contributed by atoms with van der Waals surface area (Å²) in [6.07, 6.45) is 0. The van der Waals surface area contributed by atoms with E-state index in [1.165, 1.54) is 0 Å². The average molecular weight is 166 g/mol. The third kappa shape index (κ3) is 2.12. The molecular formula is C7H11BN2O2. The van der Waals surface area contributed by atoms with Gasteiger partial charge in [-0.3, -0.25) is 4.79 Å². The van der Waals surface area contributed by atoms with Gasteiger partial charge in [-0.25, -0.2) is 0 Å². The third-order valence-corrected chi connectivity index (χ3v) is 1.27. The van der Waals surface area contributed by atoms with Gasteiger partial charge in [0.2, 0.25) is 5.76 Å². The van der Waals surface area contributed by atoms with Crippen LogP contribution in [0.1, 0.15) is 24.4 Å². The van der Waals surface area contributed by atoms with Gasteiger partial charge >= 0.3 is 0 Å². The molecule has 0 bridgehead atoms. The Hall–Kier alpha value is -1.26. The SMILES string of the molecule is Bc1cc(C(=O)NC(C)C)on1. The van der Waals surface area contributed by atoms with Crippen molar-refractivity contribution >= 4 is 19.3 Å². The van der Waals surface area contributed by atoms with Crippen molar-refractivity contribution in [3.63, 3.8) is 0 Å². The summed E-state index contributed by atoms with van der Waals surface area (Å²) in [5.74, 6) is 0.0480. The molecule has 5 heteroatoms. The molecule has 0 spiro atoms. The summed E-state index contributed by atoms with van der Waals surface area (Å²) in [5.41, 5.74) is 0.712. The maximum absolute atomic E-state index is 11.2. The topological polar surface area (TPSA) is 55.1 Å². The quantitative estimate of drug-likeness (QED) is 0.577. The zero-order chi connectivity index (χ0) is 9.14. The summed E-state index contributed by atoms with van der Waals surface area (Å²) >= 11 is 0. The van der Waals surface area contributed by atoms with Gasteiger partial charge in [0.1, 0.15) is 0 Å². The van der Waals surface area contributed by atoms with E-state index in [2.05, 4.69) is 10.5 Å². The Balaban J connectivity index is 2.65. The molecule has 0 aliphatic carbocycles. The van der Waals surface area contributed by atoms with Crippen LogP contribution >= 0.6 is 0 Å². The van der Waals surface area contributed by atoms with Crippen LogP contribution in [0, 0.1) is 0 Å². The van der Waals surface area contributed by atoms with Gasteiger partial charge in [-0.1, -0.05) is 5.16 Å². The van der Waals surface area contributed by atoms with Crippen LogP contribution in [0.5, 0.6) is 0 Å². The first kappa shape index (κ1) is 8.84. The van der Waals surface area contributed by atoms with Crippen LogP contribution in [-0.2, 0) is 0 Å². The lowest BCUT2D eigenvalue weighted by Gasteiger charge is -2.04. The van der Waals surface area contributed by atoms with Gasteiger partial charge in [-0.15, -0.1) is 0 Å². The van der Waals surface area contributed by atoms with Crippen LogP contribution in [0.3, 0.4) is 0 Å². The second-order valence-corrected chi connectivity index (χ2v) is 2.96. The number of nitrogens with one attached hydrogen (secondary N) is 1. The summed E-state index contributed by atoms with van der Waals surface area (Å²) in [7, 11) is 1.77. The minimum absolute atomic E-state index is 0.114. The fraction of sp³-hybridized carbons (Fsp3) is 0.429. The fourth-order valence-corrected chi connectivity index (χ4v) is 0.804. The summed E-state index contributed by atoms with van der Waals surface area (Å²) < 4.78 is 4.76. The minimum atomic E-state index is -0.217. The van der Waals surface area contributed by atoms with Gasteiger partial charge in [0.05, 0.1) is 0 Å². The van der Waals surface area contributed by atoms with E-state index >= 15 is 0 Å². The van der Waals surface area contributed by atoms with E-state index in [-0.39, 0.29) is 17.7 Å². The Morgan fingerprint density at radius 2 is 2.42 bits per heavy atom. The van der Waals surface area contributed by atoms with Crippen LogP contribution in [-0.4, -0.2) is 25.0 Å². The molecule has 0 atom stereocenters. The summed E-state index contributed by atoms with van der Waals surface area (Å²) in [4.78, 5) is 11.2. The second-order valence-electron chi connectivity index (χ2n) is 2.96. The molecule has 0 unspecified atom stereocenters. The Morgan fingerprint density at radius 1 is 1.75 bits per heavy atom. The number of aromatic nitrogens is 1. The van der Waals surface area contributed by atoms with E-state index in [1.54, 1.807) is 13.9 Å². The first-order chi connectivity index (χ1) is 5.59. The molecule has 0 radical (unpaired) electrons. The highest BCUT2D eigenvalue weighted by Crippen LogP contribution is 1.94. The molecule has 1 heterocycles. The molecule has 1 aromatic rings. The van der Waals surface area contributed by atoms with Gasteiger partial charge in [0.15, 0.2) is 7.85 Å². The van der Waals surface area contributed by atoms with Gasteiger partial charge in [-0.05, 0) is 13.8 Å². The zero-order valence-electron chi connectivity index (χ0n) is 7.42. The lowest BCUT2D eigenvalue weighted by atomic mass is 10.1. The molecule has 1 aromatic heterocycles. The number of hydrogen-bond acceptors (Lipinski definition) is 3. The zero-order valence-corrected chi connectivity index (χ0v) is 7.42. The van der Waals surface area contributed by atoms with Crippen molar-refractivity contribution in [2.24, 2.45) is 0 Å². The highest BCUT2D eigenvalue weighted by atomic mass is 16.5. The van der Waals surface area contributed by atoms with Crippen molar-refractivity contribution in [3.05, 3.63) is 11.8 Å². The molecule has 1 rings (SSSR count). The van der Waals surface area contributed by atoms with Gasteiger partial charge < -0.3 is 9.84 Å². The molecule has 1 amide bonds. The highest BCUT2D eigenvalue weighted by Gasteiger charge is 2.11. The first-order valence-electron chi connectivity index (χ1n) is 3.84. The molecule has 0 saturated carbocycles. The lowest BCUT2D eigenvalue weighted by molar-refractivity contribution is 0.0906. The van der Waals surface area contributed by atoms with Crippen molar-refractivity contribution < 1.29 is 9.32 Å². The number of carbonyl (C=O) groups is 1. The van der Waals surface area contributed by atoms with E-state index in [4.69, 9.17) is 4.52 Å². The highest BCUT2D eigenvalue weighted by molar-refractivity contribution is 6.30. The molecule has 0 aromatic carbocycles. The Kier molecular flexibility index (Phi) is 2.52. The van der Waals surface area contributed by atoms with Crippen molar-refractivity contribution in [2.75, 3.05) is 0 Å². The Bertz CT molecular complexity index is 283. The third-order valence-electron chi connectivity index (χ3n) is 1.27. The molecule has 0 aliphatic heterocycles. The Morgan fingerprint density at radius 3 is 2.83 bits per heavy atom. The molecule has 64 valence electrons. The van der Waals surface area contributed by atoms with Gasteiger partial charge in [0, 0.05) is 17.7 Å². The predicted molar refractivity (Wildman–Crippen MR) is 47.3 cm³/mol. The van der Waals surface area contributed by atoms with Crippen LogP contribution in [0.15, 0.2) is 10.6 Å². The summed E-state index contributed by atoms with van der Waals surface area (Å²) in [6, 6.07) is 1.72. The number of amides is 1. The summed E-state index contributed by atoms with van der Waals surface area (Å²) in [6.45, 7) is 3.78. The number of hydrogen-bond donors (Lipinski definition) is 1. The predicted octanol–water partition coefficient (Wildman–Crippen LogP) is -0.929. The molecule has 0 fully saturated rings. The van der Waals surface area contributed by atoms with Crippen LogP contribution < -0.4 is 10.9 Å². The van der Waals surface area contributed by atoms with Crippen molar-refractivity contribution in [2.45, 2.75) is 19.9 Å². The monoisotopic (exact) mass is 166 g/mol. The molecule has 0 saturated heterocycles. The van der Waals surface area contributed by atoms with Crippen LogP contribution in [0.25, 0.3) is 0 Å². The van der Waals surface area contributed by atoms with E-state index in [1.807, 2.05) is 13.8 Å². The van der Waals surface area contributed by atoms with Crippen LogP contribution in [0.2, 0.25) is 0 Å². The maximum atomic E-state index is 11.2. The number of carbonyl (C=O) groups excluding carboxylic acids is 1. The maximum Gasteiger partial charge on any atom is 0.290 e. The van der Waals surface area contributed by atoms with Crippen LogP contribution in [0.4, 0.5) is 0 Å². The fourth-order valence-electron chi connectivity index (χ4n) is 0.804.